The number of ether oxygens (including phenoxy) is 4. The molecule has 3 aromatic rings. The standard InChI is InChI=1S/C24H20Cl2F2N2O5/c25-12-7-15-21(19(26)24(29-15)35-17-9-34-22-16(31)8-33-23(17)22)30-20(12)18-13(27)5-11(6-14(18)28)10-1-3-32-4-2-10/h1,5-7,16-17,22-23,29,31H,2-4,8-9H2/t16-,17-,22-,23-/m1/s1. The average Bonchev–Trinajstić information content (AvgIpc) is 3.50. The summed E-state index contributed by atoms with van der Waals surface area (Å²) in [4.78, 5) is 7.39. The minimum absolute atomic E-state index is 0.0457. The first kappa shape index (κ1) is 23.1. The predicted octanol–water partition coefficient (Wildman–Crippen LogP) is 4.52. The summed E-state index contributed by atoms with van der Waals surface area (Å²) >= 11 is 12.9. The molecule has 3 aliphatic heterocycles. The highest BCUT2D eigenvalue weighted by Crippen LogP contribution is 2.40. The number of hydrogen-bond donors (Lipinski definition) is 2. The minimum atomic E-state index is -0.782. The lowest BCUT2D eigenvalue weighted by molar-refractivity contribution is 0.00796. The summed E-state index contributed by atoms with van der Waals surface area (Å²) in [6.07, 6.45) is 0.265. The van der Waals surface area contributed by atoms with E-state index in [-0.39, 0.29) is 45.9 Å². The molecule has 0 saturated carbocycles. The van der Waals surface area contributed by atoms with Crippen molar-refractivity contribution in [1.29, 1.82) is 0 Å². The van der Waals surface area contributed by atoms with Gasteiger partial charge in [-0.05, 0) is 35.8 Å². The van der Waals surface area contributed by atoms with E-state index in [0.717, 1.165) is 5.57 Å². The number of halogens is 4. The van der Waals surface area contributed by atoms with Gasteiger partial charge in [-0.1, -0.05) is 29.3 Å². The Morgan fingerprint density at radius 3 is 2.60 bits per heavy atom. The minimum Gasteiger partial charge on any atom is -0.469 e. The van der Waals surface area contributed by atoms with Crippen LogP contribution in [0.4, 0.5) is 8.78 Å². The van der Waals surface area contributed by atoms with Crippen LogP contribution >= 0.6 is 23.2 Å². The molecule has 2 fully saturated rings. The van der Waals surface area contributed by atoms with Crippen molar-refractivity contribution in [3.8, 4) is 17.1 Å². The van der Waals surface area contributed by atoms with Gasteiger partial charge in [-0.25, -0.2) is 13.8 Å². The van der Waals surface area contributed by atoms with Crippen LogP contribution in [0.15, 0.2) is 24.3 Å². The van der Waals surface area contributed by atoms with Crippen molar-refractivity contribution < 1.29 is 32.8 Å². The van der Waals surface area contributed by atoms with E-state index in [1.54, 1.807) is 0 Å². The van der Waals surface area contributed by atoms with Gasteiger partial charge in [0.15, 0.2) is 6.10 Å². The Balaban J connectivity index is 1.34. The fraction of sp³-hybridized carbons (Fsp3) is 0.375. The first-order valence-corrected chi connectivity index (χ1v) is 11.9. The number of aromatic nitrogens is 2. The number of rotatable bonds is 4. The second-order valence-electron chi connectivity index (χ2n) is 8.67. The molecule has 0 amide bonds. The molecule has 6 rings (SSSR count). The molecule has 4 atom stereocenters. The van der Waals surface area contributed by atoms with Crippen LogP contribution < -0.4 is 4.74 Å². The van der Waals surface area contributed by atoms with Crippen LogP contribution in [-0.2, 0) is 14.2 Å². The van der Waals surface area contributed by atoms with E-state index < -0.39 is 36.1 Å². The van der Waals surface area contributed by atoms with Crippen molar-refractivity contribution in [3.05, 3.63) is 51.5 Å². The number of aliphatic hydroxyl groups is 1. The second kappa shape index (κ2) is 8.99. The van der Waals surface area contributed by atoms with Crippen molar-refractivity contribution in [2.75, 3.05) is 26.4 Å². The van der Waals surface area contributed by atoms with Gasteiger partial charge in [0, 0.05) is 0 Å². The molecule has 7 nitrogen and oxygen atoms in total. The molecule has 184 valence electrons. The Hall–Kier alpha value is -2.27. The zero-order chi connectivity index (χ0) is 24.3. The zero-order valence-electron chi connectivity index (χ0n) is 18.2. The molecule has 0 unspecified atom stereocenters. The molecule has 11 heteroatoms. The van der Waals surface area contributed by atoms with Gasteiger partial charge in [0.2, 0.25) is 5.88 Å². The molecule has 2 N–H and O–H groups in total. The van der Waals surface area contributed by atoms with Gasteiger partial charge in [0.25, 0.3) is 0 Å². The highest BCUT2D eigenvalue weighted by molar-refractivity contribution is 6.38. The number of aliphatic hydroxyl groups excluding tert-OH is 1. The first-order chi connectivity index (χ1) is 16.9. The summed E-state index contributed by atoms with van der Waals surface area (Å²) in [6, 6.07) is 4.05. The number of nitrogens with one attached hydrogen (secondary N) is 1. The maximum atomic E-state index is 15.2. The van der Waals surface area contributed by atoms with Crippen LogP contribution in [-0.4, -0.2) is 65.9 Å². The van der Waals surface area contributed by atoms with E-state index in [0.29, 0.717) is 30.7 Å². The Morgan fingerprint density at radius 2 is 1.86 bits per heavy atom. The van der Waals surface area contributed by atoms with E-state index >= 15 is 8.78 Å². The smallest absolute Gasteiger partial charge is 0.213 e. The van der Waals surface area contributed by atoms with E-state index in [2.05, 4.69) is 9.97 Å². The van der Waals surface area contributed by atoms with E-state index in [1.165, 1.54) is 18.2 Å². The zero-order valence-corrected chi connectivity index (χ0v) is 19.7. The summed E-state index contributed by atoms with van der Waals surface area (Å²) in [5.74, 6) is -1.37. The number of H-pyrrole nitrogens is 1. The summed E-state index contributed by atoms with van der Waals surface area (Å²) < 4.78 is 52.7. The molecule has 35 heavy (non-hydrogen) atoms. The van der Waals surface area contributed by atoms with Gasteiger partial charge in [0.1, 0.15) is 40.5 Å². The summed E-state index contributed by atoms with van der Waals surface area (Å²) in [7, 11) is 0. The van der Waals surface area contributed by atoms with E-state index in [1.807, 2.05) is 6.08 Å². The number of nitrogens with zero attached hydrogens (tertiary/aromatic N) is 1. The Morgan fingerprint density at radius 1 is 1.09 bits per heavy atom. The molecule has 2 saturated heterocycles. The van der Waals surface area contributed by atoms with E-state index in [4.69, 9.17) is 42.1 Å². The summed E-state index contributed by atoms with van der Waals surface area (Å²) in [5.41, 5.74) is 1.55. The third-order valence-corrected chi connectivity index (χ3v) is 7.13. The fourth-order valence-electron chi connectivity index (χ4n) is 4.76. The van der Waals surface area contributed by atoms with Crippen LogP contribution in [0.25, 0.3) is 27.9 Å². The molecule has 0 aliphatic carbocycles. The molecular weight excluding hydrogens is 505 g/mol. The maximum Gasteiger partial charge on any atom is 0.213 e. The van der Waals surface area contributed by atoms with Gasteiger partial charge < -0.3 is 29.0 Å². The van der Waals surface area contributed by atoms with Crippen LogP contribution in [0.1, 0.15) is 12.0 Å². The lowest BCUT2D eigenvalue weighted by Crippen LogP contribution is -2.34. The first-order valence-electron chi connectivity index (χ1n) is 11.1. The normalized spacial score (nSPS) is 26.3. The van der Waals surface area contributed by atoms with E-state index in [9.17, 15) is 5.11 Å². The van der Waals surface area contributed by atoms with Gasteiger partial charge in [-0.15, -0.1) is 0 Å². The predicted molar refractivity (Wildman–Crippen MR) is 125 cm³/mol. The molecule has 0 bridgehead atoms. The Bertz CT molecular complexity index is 1320. The molecule has 1 aromatic carbocycles. The number of hydrogen-bond acceptors (Lipinski definition) is 6. The molecular formula is C24H20Cl2F2N2O5. The van der Waals surface area contributed by atoms with Crippen LogP contribution in [0.5, 0.6) is 5.88 Å². The molecule has 3 aliphatic rings. The van der Waals surface area contributed by atoms with Crippen LogP contribution in [0, 0.1) is 11.6 Å². The lowest BCUT2D eigenvalue weighted by atomic mass is 9.98. The highest BCUT2D eigenvalue weighted by Gasteiger charge is 2.48. The molecule has 5 heterocycles. The Labute approximate surface area is 208 Å². The molecule has 0 radical (unpaired) electrons. The molecule has 2 aromatic heterocycles. The number of benzene rings is 1. The largest absolute Gasteiger partial charge is 0.469 e. The van der Waals surface area contributed by atoms with Crippen molar-refractivity contribution in [2.45, 2.75) is 30.8 Å². The van der Waals surface area contributed by atoms with Gasteiger partial charge in [0.05, 0.1) is 48.2 Å². The monoisotopic (exact) mass is 524 g/mol. The van der Waals surface area contributed by atoms with Gasteiger partial charge >= 0.3 is 0 Å². The maximum absolute atomic E-state index is 15.2. The lowest BCUT2D eigenvalue weighted by Gasteiger charge is -2.16. The number of aromatic amines is 1. The SMILES string of the molecule is O[C@@H]1CO[C@H]2[C@@H]1OC[C@H]2Oc1[nH]c2cc(Cl)c(-c3c(F)cc(C4=CCOCC4)cc3F)nc2c1Cl. The van der Waals surface area contributed by atoms with Crippen LogP contribution in [0.2, 0.25) is 10.0 Å². The third kappa shape index (κ3) is 4.00. The quantitative estimate of drug-likeness (QED) is 0.521. The van der Waals surface area contributed by atoms with Gasteiger partial charge in [-0.2, -0.15) is 0 Å². The third-order valence-electron chi connectivity index (χ3n) is 6.50. The summed E-state index contributed by atoms with van der Waals surface area (Å²) in [6.45, 7) is 1.28. The second-order valence-corrected chi connectivity index (χ2v) is 9.46. The Kier molecular flexibility index (Phi) is 5.95. The van der Waals surface area contributed by atoms with Crippen LogP contribution in [0.3, 0.4) is 0 Å². The fourth-order valence-corrected chi connectivity index (χ4v) is 5.24. The summed E-state index contributed by atoms with van der Waals surface area (Å²) in [5, 5.41) is 10.1. The van der Waals surface area contributed by atoms with Crippen molar-refractivity contribution in [1.82, 2.24) is 9.97 Å². The number of pyridine rings is 1. The number of fused-ring (bicyclic) bond motifs is 2. The van der Waals surface area contributed by atoms with Gasteiger partial charge in [-0.3, -0.25) is 0 Å². The average molecular weight is 525 g/mol. The van der Waals surface area contributed by atoms with Crippen molar-refractivity contribution in [3.63, 3.8) is 0 Å². The van der Waals surface area contributed by atoms with Crippen molar-refractivity contribution >= 4 is 39.8 Å². The van der Waals surface area contributed by atoms with Crippen molar-refractivity contribution in [2.24, 2.45) is 0 Å². The topological polar surface area (TPSA) is 85.8 Å². The molecule has 0 spiro atoms. The highest BCUT2D eigenvalue weighted by atomic mass is 35.5.